The average Bonchev–Trinajstić information content (AvgIpc) is 2.92. The smallest absolute Gasteiger partial charge is 0.319 e. The Morgan fingerprint density at radius 3 is 2.77 bits per heavy atom. The zero-order valence-electron chi connectivity index (χ0n) is 12.8. The number of hydrogen-bond donors (Lipinski definition) is 4. The number of nitrogens with one attached hydrogen (secondary N) is 3. The highest BCUT2D eigenvalue weighted by molar-refractivity contribution is 5.89. The number of hydrogen-bond acceptors (Lipinski definition) is 4. The summed E-state index contributed by atoms with van der Waals surface area (Å²) in [4.78, 5) is 11.8. The standard InChI is InChI=1S/C16H23N3O3/c1-12(2)9-22-14-5-3-13(4-6-14)19-15(20)18-11-16(21)7-8-17-10-16/h3-6,17,21H,1,7-11H2,2H3,(H2,18,19,20). The van der Waals surface area contributed by atoms with Gasteiger partial charge in [0.2, 0.25) is 0 Å². The fourth-order valence-corrected chi connectivity index (χ4v) is 2.14. The molecule has 0 bridgehead atoms. The van der Waals surface area contributed by atoms with Gasteiger partial charge in [-0.1, -0.05) is 6.58 Å². The lowest BCUT2D eigenvalue weighted by Gasteiger charge is -2.21. The molecule has 6 heteroatoms. The van der Waals surface area contributed by atoms with Gasteiger partial charge < -0.3 is 25.8 Å². The molecule has 0 spiro atoms. The normalized spacial score (nSPS) is 20.5. The number of β-amino-alcohol motifs (C(OH)–C–C–N with tert-alkyl or cyclic N) is 1. The number of benzene rings is 1. The van der Waals surface area contributed by atoms with Gasteiger partial charge in [-0.3, -0.25) is 0 Å². The van der Waals surface area contributed by atoms with E-state index in [0.717, 1.165) is 17.9 Å². The molecule has 120 valence electrons. The Labute approximate surface area is 130 Å². The molecule has 6 nitrogen and oxygen atoms in total. The Hall–Kier alpha value is -2.05. The van der Waals surface area contributed by atoms with Crippen molar-refractivity contribution in [1.29, 1.82) is 0 Å². The van der Waals surface area contributed by atoms with Gasteiger partial charge in [-0.05, 0) is 49.7 Å². The molecule has 1 aromatic carbocycles. The van der Waals surface area contributed by atoms with Crippen LogP contribution in [0.1, 0.15) is 13.3 Å². The van der Waals surface area contributed by atoms with Crippen molar-refractivity contribution in [3.63, 3.8) is 0 Å². The molecule has 22 heavy (non-hydrogen) atoms. The highest BCUT2D eigenvalue weighted by atomic mass is 16.5. The van der Waals surface area contributed by atoms with Crippen molar-refractivity contribution in [2.24, 2.45) is 0 Å². The molecule has 2 amide bonds. The van der Waals surface area contributed by atoms with Gasteiger partial charge in [-0.25, -0.2) is 4.79 Å². The average molecular weight is 305 g/mol. The molecule has 1 unspecified atom stereocenters. The van der Waals surface area contributed by atoms with Gasteiger partial charge in [-0.2, -0.15) is 0 Å². The summed E-state index contributed by atoms with van der Waals surface area (Å²) in [7, 11) is 0. The molecule has 2 rings (SSSR count). The van der Waals surface area contributed by atoms with Gasteiger partial charge in [-0.15, -0.1) is 0 Å². The monoisotopic (exact) mass is 305 g/mol. The fraction of sp³-hybridized carbons (Fsp3) is 0.438. The van der Waals surface area contributed by atoms with Crippen molar-refractivity contribution in [3.05, 3.63) is 36.4 Å². The maximum Gasteiger partial charge on any atom is 0.319 e. The zero-order valence-corrected chi connectivity index (χ0v) is 12.8. The number of ether oxygens (including phenoxy) is 1. The summed E-state index contributed by atoms with van der Waals surface area (Å²) in [6.07, 6.45) is 0.641. The van der Waals surface area contributed by atoms with Crippen molar-refractivity contribution < 1.29 is 14.6 Å². The first-order valence-electron chi connectivity index (χ1n) is 7.32. The molecule has 0 aliphatic carbocycles. The van der Waals surface area contributed by atoms with Crippen LogP contribution < -0.4 is 20.7 Å². The Morgan fingerprint density at radius 1 is 1.45 bits per heavy atom. The highest BCUT2D eigenvalue weighted by Gasteiger charge is 2.31. The molecular weight excluding hydrogens is 282 g/mol. The van der Waals surface area contributed by atoms with Crippen LogP contribution in [-0.4, -0.2) is 43.0 Å². The third kappa shape index (κ3) is 5.05. The van der Waals surface area contributed by atoms with Crippen LogP contribution in [-0.2, 0) is 0 Å². The second kappa shape index (κ2) is 7.29. The summed E-state index contributed by atoms with van der Waals surface area (Å²) in [6, 6.07) is 6.76. The van der Waals surface area contributed by atoms with Crippen molar-refractivity contribution in [3.8, 4) is 5.75 Å². The maximum absolute atomic E-state index is 11.8. The molecule has 1 atom stereocenters. The highest BCUT2D eigenvalue weighted by Crippen LogP contribution is 2.16. The van der Waals surface area contributed by atoms with E-state index >= 15 is 0 Å². The van der Waals surface area contributed by atoms with Gasteiger partial charge in [0.1, 0.15) is 12.4 Å². The van der Waals surface area contributed by atoms with Crippen LogP contribution in [0.25, 0.3) is 0 Å². The van der Waals surface area contributed by atoms with E-state index in [0.29, 0.717) is 25.3 Å². The maximum atomic E-state index is 11.8. The lowest BCUT2D eigenvalue weighted by atomic mass is 10.0. The third-order valence-electron chi connectivity index (χ3n) is 3.40. The minimum absolute atomic E-state index is 0.228. The minimum atomic E-state index is -0.850. The van der Waals surface area contributed by atoms with Gasteiger partial charge in [0.25, 0.3) is 0 Å². The number of carbonyl (C=O) groups is 1. The zero-order chi connectivity index (χ0) is 16.0. The van der Waals surface area contributed by atoms with E-state index < -0.39 is 5.60 Å². The fourth-order valence-electron chi connectivity index (χ4n) is 2.14. The number of anilines is 1. The van der Waals surface area contributed by atoms with Gasteiger partial charge in [0, 0.05) is 18.8 Å². The second-order valence-corrected chi connectivity index (χ2v) is 5.73. The van der Waals surface area contributed by atoms with Crippen LogP contribution in [0.5, 0.6) is 5.75 Å². The quantitative estimate of drug-likeness (QED) is 0.600. The first kappa shape index (κ1) is 16.3. The summed E-state index contributed by atoms with van der Waals surface area (Å²) >= 11 is 0. The topological polar surface area (TPSA) is 82.6 Å². The van der Waals surface area contributed by atoms with Crippen molar-refractivity contribution >= 4 is 11.7 Å². The van der Waals surface area contributed by atoms with Gasteiger partial charge >= 0.3 is 6.03 Å². The van der Waals surface area contributed by atoms with Crippen LogP contribution in [0.3, 0.4) is 0 Å². The van der Waals surface area contributed by atoms with E-state index in [2.05, 4.69) is 22.5 Å². The number of carbonyl (C=O) groups excluding carboxylic acids is 1. The van der Waals surface area contributed by atoms with Gasteiger partial charge in [0.05, 0.1) is 5.60 Å². The molecule has 1 heterocycles. The predicted octanol–water partition coefficient (Wildman–Crippen LogP) is 1.49. The number of aliphatic hydroxyl groups is 1. The van der Waals surface area contributed by atoms with E-state index in [9.17, 15) is 9.90 Å². The third-order valence-corrected chi connectivity index (χ3v) is 3.40. The number of rotatable bonds is 6. The Morgan fingerprint density at radius 2 is 2.18 bits per heavy atom. The molecule has 1 aliphatic heterocycles. The largest absolute Gasteiger partial charge is 0.489 e. The number of urea groups is 1. The molecule has 1 fully saturated rings. The lowest BCUT2D eigenvalue weighted by molar-refractivity contribution is 0.0640. The van der Waals surface area contributed by atoms with E-state index in [1.807, 2.05) is 6.92 Å². The summed E-state index contributed by atoms with van der Waals surface area (Å²) in [5.41, 5.74) is 0.759. The van der Waals surface area contributed by atoms with E-state index in [4.69, 9.17) is 4.74 Å². The molecule has 1 aromatic rings. The first-order chi connectivity index (χ1) is 10.5. The van der Waals surface area contributed by atoms with Gasteiger partial charge in [0.15, 0.2) is 0 Å². The molecule has 1 aliphatic rings. The van der Waals surface area contributed by atoms with Crippen molar-refractivity contribution in [1.82, 2.24) is 10.6 Å². The Kier molecular flexibility index (Phi) is 5.41. The molecule has 0 aromatic heterocycles. The second-order valence-electron chi connectivity index (χ2n) is 5.73. The van der Waals surface area contributed by atoms with Crippen LogP contribution in [0.2, 0.25) is 0 Å². The van der Waals surface area contributed by atoms with Crippen molar-refractivity contribution in [2.45, 2.75) is 18.9 Å². The molecule has 0 saturated carbocycles. The summed E-state index contributed by atoms with van der Waals surface area (Å²) in [5.74, 6) is 0.722. The number of amides is 2. The van der Waals surface area contributed by atoms with Crippen LogP contribution >= 0.6 is 0 Å². The molecule has 4 N–H and O–H groups in total. The lowest BCUT2D eigenvalue weighted by Crippen LogP contribution is -2.45. The van der Waals surface area contributed by atoms with E-state index in [1.54, 1.807) is 24.3 Å². The Bertz CT molecular complexity index is 522. The van der Waals surface area contributed by atoms with E-state index in [-0.39, 0.29) is 12.6 Å². The van der Waals surface area contributed by atoms with Crippen LogP contribution in [0.15, 0.2) is 36.4 Å². The molecule has 0 radical (unpaired) electrons. The van der Waals surface area contributed by atoms with E-state index in [1.165, 1.54) is 0 Å². The summed E-state index contributed by atoms with van der Waals surface area (Å²) in [6.45, 7) is 7.64. The predicted molar refractivity (Wildman–Crippen MR) is 86.2 cm³/mol. The summed E-state index contributed by atoms with van der Waals surface area (Å²) in [5, 5.41) is 18.6. The van der Waals surface area contributed by atoms with Crippen LogP contribution in [0.4, 0.5) is 10.5 Å². The first-order valence-corrected chi connectivity index (χ1v) is 7.32. The SMILES string of the molecule is C=C(C)COc1ccc(NC(=O)NCC2(O)CCNC2)cc1. The van der Waals surface area contributed by atoms with Crippen LogP contribution in [0, 0.1) is 0 Å². The minimum Gasteiger partial charge on any atom is -0.489 e. The molecular formula is C16H23N3O3. The Balaban J connectivity index is 1.77. The van der Waals surface area contributed by atoms with Crippen molar-refractivity contribution in [2.75, 3.05) is 31.6 Å². The molecule has 1 saturated heterocycles. The summed E-state index contributed by atoms with van der Waals surface area (Å²) < 4.78 is 5.49.